The Bertz CT molecular complexity index is 584. The molecular weight excluding hydrogens is 279 g/mol. The van der Waals surface area contributed by atoms with Crippen molar-refractivity contribution in [3.63, 3.8) is 0 Å². The number of benzene rings is 2. The number of rotatable bonds is 3. The molecule has 0 bridgehead atoms. The molecule has 2 aromatic carbocycles. The van der Waals surface area contributed by atoms with Crippen molar-refractivity contribution in [3.8, 4) is 5.75 Å². The first-order valence-electron chi connectivity index (χ1n) is 6.50. The third kappa shape index (κ3) is 2.51. The minimum absolute atomic E-state index is 0.143. The van der Waals surface area contributed by atoms with E-state index in [1.54, 1.807) is 12.1 Å². The number of hydrogen-bond donors (Lipinski definition) is 1. The molecule has 0 saturated heterocycles. The van der Waals surface area contributed by atoms with Gasteiger partial charge in [-0.2, -0.15) is 0 Å². The summed E-state index contributed by atoms with van der Waals surface area (Å²) < 4.78 is 19.4. The van der Waals surface area contributed by atoms with Crippen LogP contribution in [0.15, 0.2) is 42.5 Å². The van der Waals surface area contributed by atoms with E-state index in [0.29, 0.717) is 17.0 Å². The monoisotopic (exact) mass is 292 g/mol. The summed E-state index contributed by atoms with van der Waals surface area (Å²) in [4.78, 5) is 0. The van der Waals surface area contributed by atoms with Crippen LogP contribution in [0, 0.1) is 5.82 Å². The maximum absolute atomic E-state index is 13.7. The van der Waals surface area contributed by atoms with Crippen LogP contribution in [0.25, 0.3) is 0 Å². The molecule has 0 spiro atoms. The van der Waals surface area contributed by atoms with Gasteiger partial charge in [0, 0.05) is 23.4 Å². The molecule has 0 aliphatic carbocycles. The van der Waals surface area contributed by atoms with Crippen molar-refractivity contribution < 1.29 is 14.2 Å². The van der Waals surface area contributed by atoms with Crippen molar-refractivity contribution in [2.75, 3.05) is 0 Å². The van der Waals surface area contributed by atoms with E-state index in [1.807, 2.05) is 24.3 Å². The predicted octanol–water partition coefficient (Wildman–Crippen LogP) is 3.39. The maximum Gasteiger partial charge on any atom is 0.129 e. The predicted molar refractivity (Wildman–Crippen MR) is 75.7 cm³/mol. The van der Waals surface area contributed by atoms with Gasteiger partial charge in [0.15, 0.2) is 0 Å². The number of aliphatic hydroxyl groups is 1. The Morgan fingerprint density at radius 2 is 2.05 bits per heavy atom. The minimum Gasteiger partial charge on any atom is -0.487 e. The molecule has 2 unspecified atom stereocenters. The highest BCUT2D eigenvalue weighted by Gasteiger charge is 2.29. The van der Waals surface area contributed by atoms with Crippen LogP contribution in [-0.2, 0) is 12.8 Å². The molecule has 0 saturated carbocycles. The number of hydrogen-bond acceptors (Lipinski definition) is 2. The molecule has 0 radical (unpaired) electrons. The Morgan fingerprint density at radius 3 is 2.80 bits per heavy atom. The number of para-hydroxylation sites is 1. The van der Waals surface area contributed by atoms with Gasteiger partial charge in [-0.3, -0.25) is 0 Å². The molecule has 0 fully saturated rings. The van der Waals surface area contributed by atoms with E-state index in [4.69, 9.17) is 16.3 Å². The van der Waals surface area contributed by atoms with E-state index in [1.165, 1.54) is 6.07 Å². The average molecular weight is 293 g/mol. The standard InChI is InChI=1S/C16H14ClFO2/c17-12-5-3-6-13(18)11(12)9-14(19)16-8-10-4-1-2-7-15(10)20-16/h1-7,14,16,19H,8-9H2. The molecule has 1 heterocycles. The molecule has 2 aromatic rings. The zero-order chi connectivity index (χ0) is 14.1. The van der Waals surface area contributed by atoms with Crippen molar-refractivity contribution in [1.82, 2.24) is 0 Å². The number of halogens is 2. The lowest BCUT2D eigenvalue weighted by Crippen LogP contribution is -2.32. The van der Waals surface area contributed by atoms with Crippen LogP contribution in [0.3, 0.4) is 0 Å². The van der Waals surface area contributed by atoms with Crippen LogP contribution in [0.4, 0.5) is 4.39 Å². The van der Waals surface area contributed by atoms with Gasteiger partial charge in [-0.05, 0) is 23.8 Å². The van der Waals surface area contributed by atoms with Crippen LogP contribution in [-0.4, -0.2) is 17.3 Å². The highest BCUT2D eigenvalue weighted by atomic mass is 35.5. The molecular formula is C16H14ClFO2. The summed E-state index contributed by atoms with van der Waals surface area (Å²) in [6.07, 6.45) is -0.381. The molecule has 0 amide bonds. The van der Waals surface area contributed by atoms with Crippen LogP contribution in [0.2, 0.25) is 5.02 Å². The van der Waals surface area contributed by atoms with Gasteiger partial charge >= 0.3 is 0 Å². The Morgan fingerprint density at radius 1 is 1.25 bits per heavy atom. The summed E-state index contributed by atoms with van der Waals surface area (Å²) in [6.45, 7) is 0. The fraction of sp³-hybridized carbons (Fsp3) is 0.250. The van der Waals surface area contributed by atoms with Gasteiger partial charge in [0.05, 0.1) is 6.10 Å². The van der Waals surface area contributed by atoms with Gasteiger partial charge < -0.3 is 9.84 Å². The first-order valence-corrected chi connectivity index (χ1v) is 6.88. The number of ether oxygens (including phenoxy) is 1. The summed E-state index contributed by atoms with van der Waals surface area (Å²) >= 11 is 5.98. The quantitative estimate of drug-likeness (QED) is 0.940. The van der Waals surface area contributed by atoms with Gasteiger partial charge in [0.25, 0.3) is 0 Å². The zero-order valence-electron chi connectivity index (χ0n) is 10.7. The van der Waals surface area contributed by atoms with Crippen LogP contribution >= 0.6 is 11.6 Å². The molecule has 1 aliphatic rings. The van der Waals surface area contributed by atoms with E-state index in [-0.39, 0.29) is 12.5 Å². The van der Waals surface area contributed by atoms with Gasteiger partial charge in [-0.1, -0.05) is 35.9 Å². The lowest BCUT2D eigenvalue weighted by atomic mass is 10.00. The van der Waals surface area contributed by atoms with Gasteiger partial charge in [-0.15, -0.1) is 0 Å². The summed E-state index contributed by atoms with van der Waals surface area (Å²) in [5.41, 5.74) is 1.40. The lowest BCUT2D eigenvalue weighted by Gasteiger charge is -2.19. The summed E-state index contributed by atoms with van der Waals surface area (Å²) in [5, 5.41) is 10.6. The fourth-order valence-corrected chi connectivity index (χ4v) is 2.73. The van der Waals surface area contributed by atoms with Crippen LogP contribution in [0.5, 0.6) is 5.75 Å². The second-order valence-corrected chi connectivity index (χ2v) is 5.35. The summed E-state index contributed by atoms with van der Waals surface area (Å²) in [5.74, 6) is 0.392. The summed E-state index contributed by atoms with van der Waals surface area (Å²) in [6, 6.07) is 12.2. The van der Waals surface area contributed by atoms with E-state index in [2.05, 4.69) is 0 Å². The van der Waals surface area contributed by atoms with Crippen molar-refractivity contribution in [2.24, 2.45) is 0 Å². The molecule has 2 atom stereocenters. The van der Waals surface area contributed by atoms with Crippen LogP contribution < -0.4 is 4.74 Å². The van der Waals surface area contributed by atoms with Crippen molar-refractivity contribution in [1.29, 1.82) is 0 Å². The molecule has 1 aliphatic heterocycles. The van der Waals surface area contributed by atoms with Crippen molar-refractivity contribution in [3.05, 3.63) is 64.4 Å². The maximum atomic E-state index is 13.7. The SMILES string of the molecule is OC(Cc1c(F)cccc1Cl)C1Cc2ccccc2O1. The molecule has 3 rings (SSSR count). The molecule has 20 heavy (non-hydrogen) atoms. The third-order valence-electron chi connectivity index (χ3n) is 3.58. The number of fused-ring (bicyclic) bond motifs is 1. The molecule has 1 N–H and O–H groups in total. The largest absolute Gasteiger partial charge is 0.487 e. The fourth-order valence-electron chi connectivity index (χ4n) is 2.49. The first kappa shape index (κ1) is 13.4. The topological polar surface area (TPSA) is 29.5 Å². The zero-order valence-corrected chi connectivity index (χ0v) is 11.5. The Kier molecular flexibility index (Phi) is 3.64. The minimum atomic E-state index is -0.795. The lowest BCUT2D eigenvalue weighted by molar-refractivity contribution is 0.0497. The van der Waals surface area contributed by atoms with Gasteiger partial charge in [0.2, 0.25) is 0 Å². The van der Waals surface area contributed by atoms with Gasteiger partial charge in [0.1, 0.15) is 17.7 Å². The number of aliphatic hydroxyl groups excluding tert-OH is 1. The van der Waals surface area contributed by atoms with Gasteiger partial charge in [-0.25, -0.2) is 4.39 Å². The highest BCUT2D eigenvalue weighted by molar-refractivity contribution is 6.31. The average Bonchev–Trinajstić information content (AvgIpc) is 2.87. The third-order valence-corrected chi connectivity index (χ3v) is 3.93. The van der Waals surface area contributed by atoms with E-state index in [0.717, 1.165) is 11.3 Å². The van der Waals surface area contributed by atoms with Crippen molar-refractivity contribution in [2.45, 2.75) is 25.0 Å². The summed E-state index contributed by atoms with van der Waals surface area (Å²) in [7, 11) is 0. The molecule has 104 valence electrons. The Labute approximate surface area is 121 Å². The first-order chi connectivity index (χ1) is 9.65. The highest BCUT2D eigenvalue weighted by Crippen LogP contribution is 2.31. The van der Waals surface area contributed by atoms with E-state index >= 15 is 0 Å². The van der Waals surface area contributed by atoms with E-state index < -0.39 is 11.9 Å². The molecule has 4 heteroatoms. The Hall–Kier alpha value is -1.58. The second-order valence-electron chi connectivity index (χ2n) is 4.94. The second kappa shape index (κ2) is 5.43. The Balaban J connectivity index is 1.74. The smallest absolute Gasteiger partial charge is 0.129 e. The molecule has 2 nitrogen and oxygen atoms in total. The van der Waals surface area contributed by atoms with E-state index in [9.17, 15) is 9.50 Å². The normalized spacial score (nSPS) is 18.4. The van der Waals surface area contributed by atoms with Crippen molar-refractivity contribution >= 4 is 11.6 Å². The molecule has 0 aromatic heterocycles. The van der Waals surface area contributed by atoms with Crippen LogP contribution in [0.1, 0.15) is 11.1 Å².